The van der Waals surface area contributed by atoms with Crippen LogP contribution in [0.25, 0.3) is 0 Å². The lowest BCUT2D eigenvalue weighted by molar-refractivity contribution is 0.146. The molecular weight excluding hydrogens is 236 g/mol. The molecule has 0 bridgehead atoms. The molecule has 0 amide bonds. The summed E-state index contributed by atoms with van der Waals surface area (Å²) in [6, 6.07) is 6.47. The lowest BCUT2D eigenvalue weighted by atomic mass is 10.0. The van der Waals surface area contributed by atoms with Crippen LogP contribution in [-0.2, 0) is 13.0 Å². The van der Waals surface area contributed by atoms with Crippen LogP contribution in [0.4, 0.5) is 0 Å². The van der Waals surface area contributed by atoms with Gasteiger partial charge >= 0.3 is 0 Å². The molecule has 0 saturated heterocycles. The van der Waals surface area contributed by atoms with Crippen molar-refractivity contribution >= 4 is 0 Å². The first-order valence-corrected chi connectivity index (χ1v) is 6.96. The van der Waals surface area contributed by atoms with Crippen molar-refractivity contribution in [2.45, 2.75) is 39.3 Å². The van der Waals surface area contributed by atoms with Gasteiger partial charge in [0, 0.05) is 24.2 Å². The SMILES string of the molecule is CCc1ccc(OC)c(CN(C)C(C)(C)CNC)c1. The molecule has 0 aliphatic rings. The number of nitrogens with zero attached hydrogens (tertiary/aromatic N) is 1. The normalized spacial score (nSPS) is 11.9. The molecule has 1 N–H and O–H groups in total. The number of hydrogen-bond donors (Lipinski definition) is 1. The highest BCUT2D eigenvalue weighted by atomic mass is 16.5. The van der Waals surface area contributed by atoms with E-state index in [2.05, 4.69) is 56.2 Å². The van der Waals surface area contributed by atoms with Crippen LogP contribution in [0.3, 0.4) is 0 Å². The van der Waals surface area contributed by atoms with Gasteiger partial charge < -0.3 is 10.1 Å². The molecule has 0 heterocycles. The minimum atomic E-state index is 0.113. The van der Waals surface area contributed by atoms with Crippen molar-refractivity contribution in [2.75, 3.05) is 27.7 Å². The molecule has 0 spiro atoms. The minimum Gasteiger partial charge on any atom is -0.496 e. The zero-order chi connectivity index (χ0) is 14.5. The summed E-state index contributed by atoms with van der Waals surface area (Å²) in [6.07, 6.45) is 1.06. The van der Waals surface area contributed by atoms with E-state index in [-0.39, 0.29) is 5.54 Å². The van der Waals surface area contributed by atoms with Crippen LogP contribution >= 0.6 is 0 Å². The van der Waals surface area contributed by atoms with E-state index >= 15 is 0 Å². The molecule has 0 saturated carbocycles. The number of benzene rings is 1. The second-order valence-electron chi connectivity index (χ2n) is 5.70. The minimum absolute atomic E-state index is 0.113. The van der Waals surface area contributed by atoms with Gasteiger partial charge in [-0.25, -0.2) is 0 Å². The summed E-state index contributed by atoms with van der Waals surface area (Å²) in [5.41, 5.74) is 2.73. The van der Waals surface area contributed by atoms with Gasteiger partial charge in [0.25, 0.3) is 0 Å². The Hall–Kier alpha value is -1.06. The fourth-order valence-corrected chi connectivity index (χ4v) is 2.21. The Morgan fingerprint density at radius 2 is 2.00 bits per heavy atom. The Labute approximate surface area is 118 Å². The first-order chi connectivity index (χ1) is 8.94. The van der Waals surface area contributed by atoms with Crippen molar-refractivity contribution in [3.05, 3.63) is 29.3 Å². The van der Waals surface area contributed by atoms with Crippen molar-refractivity contribution in [3.8, 4) is 5.75 Å². The summed E-state index contributed by atoms with van der Waals surface area (Å²) in [5, 5.41) is 3.25. The van der Waals surface area contributed by atoms with Crippen molar-refractivity contribution in [1.29, 1.82) is 0 Å². The third kappa shape index (κ3) is 4.22. The van der Waals surface area contributed by atoms with Crippen molar-refractivity contribution in [1.82, 2.24) is 10.2 Å². The molecule has 3 heteroatoms. The van der Waals surface area contributed by atoms with E-state index in [4.69, 9.17) is 4.74 Å². The average Bonchev–Trinajstić information content (AvgIpc) is 2.38. The summed E-state index contributed by atoms with van der Waals surface area (Å²) in [5.74, 6) is 0.976. The molecule has 1 aromatic rings. The van der Waals surface area contributed by atoms with E-state index in [0.717, 1.165) is 25.3 Å². The number of methoxy groups -OCH3 is 1. The highest BCUT2D eigenvalue weighted by Crippen LogP contribution is 2.24. The fourth-order valence-electron chi connectivity index (χ4n) is 2.21. The van der Waals surface area contributed by atoms with Gasteiger partial charge in [0.2, 0.25) is 0 Å². The zero-order valence-electron chi connectivity index (χ0n) is 13.2. The molecule has 0 atom stereocenters. The topological polar surface area (TPSA) is 24.5 Å². The molecule has 19 heavy (non-hydrogen) atoms. The summed E-state index contributed by atoms with van der Waals surface area (Å²) >= 11 is 0. The first kappa shape index (κ1) is 16.0. The number of aryl methyl sites for hydroxylation is 1. The molecule has 0 fully saturated rings. The van der Waals surface area contributed by atoms with Gasteiger partial charge in [0.15, 0.2) is 0 Å². The number of likely N-dealkylation sites (N-methyl/N-ethyl adjacent to an activating group) is 2. The third-order valence-electron chi connectivity index (χ3n) is 3.80. The fraction of sp³-hybridized carbons (Fsp3) is 0.625. The van der Waals surface area contributed by atoms with Gasteiger partial charge in [-0.2, -0.15) is 0 Å². The highest BCUT2D eigenvalue weighted by Gasteiger charge is 2.23. The van der Waals surface area contributed by atoms with E-state index in [1.165, 1.54) is 11.1 Å². The van der Waals surface area contributed by atoms with Crippen LogP contribution in [-0.4, -0.2) is 38.2 Å². The maximum Gasteiger partial charge on any atom is 0.123 e. The molecule has 1 aromatic carbocycles. The number of hydrogen-bond acceptors (Lipinski definition) is 3. The van der Waals surface area contributed by atoms with Crippen LogP contribution in [0.1, 0.15) is 31.9 Å². The summed E-state index contributed by atoms with van der Waals surface area (Å²) in [4.78, 5) is 2.36. The Balaban J connectivity index is 2.91. The lowest BCUT2D eigenvalue weighted by Gasteiger charge is -2.36. The van der Waals surface area contributed by atoms with Crippen molar-refractivity contribution < 1.29 is 4.74 Å². The molecular formula is C16H28N2O. The first-order valence-electron chi connectivity index (χ1n) is 6.96. The molecule has 0 unspecified atom stereocenters. The molecule has 1 rings (SSSR count). The van der Waals surface area contributed by atoms with Crippen molar-refractivity contribution in [2.24, 2.45) is 0 Å². The maximum atomic E-state index is 5.48. The zero-order valence-corrected chi connectivity index (χ0v) is 13.2. The third-order valence-corrected chi connectivity index (χ3v) is 3.80. The Morgan fingerprint density at radius 1 is 1.32 bits per heavy atom. The standard InChI is InChI=1S/C16H28N2O/c1-7-13-8-9-15(19-6)14(10-13)11-18(5)16(2,3)12-17-4/h8-10,17H,7,11-12H2,1-6H3. The quantitative estimate of drug-likeness (QED) is 0.819. The smallest absolute Gasteiger partial charge is 0.123 e. The van der Waals surface area contributed by atoms with Gasteiger partial charge in [-0.15, -0.1) is 0 Å². The van der Waals surface area contributed by atoms with Crippen molar-refractivity contribution in [3.63, 3.8) is 0 Å². The molecule has 0 aliphatic carbocycles. The van der Waals surface area contributed by atoms with Gasteiger partial charge in [0.05, 0.1) is 7.11 Å². The largest absolute Gasteiger partial charge is 0.496 e. The van der Waals surface area contributed by atoms with E-state index < -0.39 is 0 Å². The van der Waals surface area contributed by atoms with Gasteiger partial charge in [-0.1, -0.05) is 19.1 Å². The van der Waals surface area contributed by atoms with Crippen LogP contribution in [0, 0.1) is 0 Å². The Bertz CT molecular complexity index is 402. The van der Waals surface area contributed by atoms with Gasteiger partial charge in [0.1, 0.15) is 5.75 Å². The Kier molecular flexibility index (Phi) is 5.83. The maximum absolute atomic E-state index is 5.48. The van der Waals surface area contributed by atoms with E-state index in [1.807, 2.05) is 7.05 Å². The molecule has 108 valence electrons. The second-order valence-corrected chi connectivity index (χ2v) is 5.70. The average molecular weight is 264 g/mol. The predicted molar refractivity (Wildman–Crippen MR) is 81.8 cm³/mol. The number of nitrogens with one attached hydrogen (secondary N) is 1. The number of ether oxygens (including phenoxy) is 1. The van der Waals surface area contributed by atoms with E-state index in [0.29, 0.717) is 0 Å². The predicted octanol–water partition coefficient (Wildman–Crippen LogP) is 2.69. The Morgan fingerprint density at radius 3 is 2.53 bits per heavy atom. The van der Waals surface area contributed by atoms with Crippen LogP contribution in [0.2, 0.25) is 0 Å². The molecule has 3 nitrogen and oxygen atoms in total. The summed E-state index contributed by atoms with van der Waals surface area (Å²) in [6.45, 7) is 8.53. The second kappa shape index (κ2) is 6.92. The summed E-state index contributed by atoms with van der Waals surface area (Å²) in [7, 11) is 5.90. The molecule has 0 radical (unpaired) electrons. The molecule has 0 aromatic heterocycles. The van der Waals surface area contributed by atoms with Crippen LogP contribution in [0.5, 0.6) is 5.75 Å². The molecule has 0 aliphatic heterocycles. The van der Waals surface area contributed by atoms with Gasteiger partial charge in [-0.05, 0) is 46.0 Å². The van der Waals surface area contributed by atoms with E-state index in [1.54, 1.807) is 7.11 Å². The van der Waals surface area contributed by atoms with Crippen LogP contribution < -0.4 is 10.1 Å². The van der Waals surface area contributed by atoms with E-state index in [9.17, 15) is 0 Å². The highest BCUT2D eigenvalue weighted by molar-refractivity contribution is 5.37. The van der Waals surface area contributed by atoms with Gasteiger partial charge in [-0.3, -0.25) is 4.90 Å². The van der Waals surface area contributed by atoms with Crippen LogP contribution in [0.15, 0.2) is 18.2 Å². The lowest BCUT2D eigenvalue weighted by Crippen LogP contribution is -2.47. The number of rotatable bonds is 7. The monoisotopic (exact) mass is 264 g/mol. The summed E-state index contributed by atoms with van der Waals surface area (Å²) < 4.78 is 5.48.